The molecule has 1 aliphatic rings. The third-order valence-corrected chi connectivity index (χ3v) is 4.03. The van der Waals surface area contributed by atoms with E-state index < -0.39 is 34.8 Å². The highest BCUT2D eigenvalue weighted by molar-refractivity contribution is 6.03. The number of pyridine rings is 1. The van der Waals surface area contributed by atoms with Crippen molar-refractivity contribution in [1.82, 2.24) is 9.88 Å². The van der Waals surface area contributed by atoms with Crippen molar-refractivity contribution in [3.05, 3.63) is 62.6 Å². The van der Waals surface area contributed by atoms with Gasteiger partial charge in [-0.3, -0.25) is 14.4 Å². The molecule has 0 saturated heterocycles. The van der Waals surface area contributed by atoms with Gasteiger partial charge >= 0.3 is 0 Å². The number of fused-ring (bicyclic) bond motifs is 1. The van der Waals surface area contributed by atoms with Gasteiger partial charge < -0.3 is 20.7 Å². The number of nitrogens with zero attached hydrogens (tertiary/aromatic N) is 1. The monoisotopic (exact) mass is 349 g/mol. The summed E-state index contributed by atoms with van der Waals surface area (Å²) in [6.45, 7) is 0.101. The van der Waals surface area contributed by atoms with Gasteiger partial charge in [-0.05, 0) is 29.7 Å². The van der Waals surface area contributed by atoms with E-state index in [4.69, 9.17) is 5.73 Å². The second-order valence-corrected chi connectivity index (χ2v) is 5.62. The lowest BCUT2D eigenvalue weighted by Gasteiger charge is -2.29. The van der Waals surface area contributed by atoms with E-state index in [1.807, 2.05) is 0 Å². The summed E-state index contributed by atoms with van der Waals surface area (Å²) in [6.07, 6.45) is 0.160. The summed E-state index contributed by atoms with van der Waals surface area (Å²) in [6, 6.07) is 3.23. The maximum atomic E-state index is 13.3. The molecule has 4 N–H and O–H groups in total. The van der Waals surface area contributed by atoms with Crippen LogP contribution in [0.3, 0.4) is 0 Å². The van der Waals surface area contributed by atoms with Crippen molar-refractivity contribution >= 4 is 11.8 Å². The van der Waals surface area contributed by atoms with E-state index in [1.54, 1.807) is 0 Å². The topological polar surface area (TPSA) is 116 Å². The lowest BCUT2D eigenvalue weighted by molar-refractivity contribution is 0.0722. The molecule has 0 spiro atoms. The predicted octanol–water partition coefficient (Wildman–Crippen LogP) is 0.656. The molecule has 0 bridgehead atoms. The number of hydrogen-bond donors (Lipinski definition) is 3. The molecule has 7 nitrogen and oxygen atoms in total. The molecule has 0 radical (unpaired) electrons. The molecule has 1 aliphatic heterocycles. The number of aromatic amines is 1. The zero-order chi connectivity index (χ0) is 18.3. The molecule has 0 unspecified atom stereocenters. The highest BCUT2D eigenvalue weighted by atomic mass is 19.2. The molecule has 0 fully saturated rings. The number of nitrogens with one attached hydrogen (secondary N) is 1. The molecular formula is C16H13F2N3O4. The van der Waals surface area contributed by atoms with Gasteiger partial charge in [-0.1, -0.05) is 6.07 Å². The first-order chi connectivity index (χ1) is 11.8. The fourth-order valence-corrected chi connectivity index (χ4v) is 2.84. The Hall–Kier alpha value is -3.23. The Morgan fingerprint density at radius 1 is 1.28 bits per heavy atom. The van der Waals surface area contributed by atoms with Gasteiger partial charge in [0.2, 0.25) is 0 Å². The molecule has 2 heterocycles. The van der Waals surface area contributed by atoms with Crippen molar-refractivity contribution in [3.8, 4) is 5.75 Å². The molecule has 2 amide bonds. The van der Waals surface area contributed by atoms with Gasteiger partial charge in [-0.15, -0.1) is 0 Å². The molecule has 1 aromatic carbocycles. The van der Waals surface area contributed by atoms with E-state index in [0.717, 1.165) is 12.1 Å². The van der Waals surface area contributed by atoms with E-state index in [0.29, 0.717) is 5.56 Å². The van der Waals surface area contributed by atoms with Crippen molar-refractivity contribution in [1.29, 1.82) is 0 Å². The highest BCUT2D eigenvalue weighted by Crippen LogP contribution is 2.27. The number of carbonyl (C=O) groups excluding carboxylic acids is 2. The molecule has 130 valence electrons. The average molecular weight is 349 g/mol. The molecule has 0 aliphatic carbocycles. The van der Waals surface area contributed by atoms with E-state index in [1.165, 1.54) is 11.0 Å². The minimum absolute atomic E-state index is 0.0480. The van der Waals surface area contributed by atoms with E-state index >= 15 is 0 Å². The summed E-state index contributed by atoms with van der Waals surface area (Å²) in [4.78, 5) is 39.2. The number of benzene rings is 1. The summed E-state index contributed by atoms with van der Waals surface area (Å²) >= 11 is 0. The van der Waals surface area contributed by atoms with Crippen LogP contribution in [0.2, 0.25) is 0 Å². The number of H-pyrrole nitrogens is 1. The van der Waals surface area contributed by atoms with Crippen molar-refractivity contribution in [2.75, 3.05) is 6.54 Å². The van der Waals surface area contributed by atoms with Crippen LogP contribution in [-0.2, 0) is 13.0 Å². The molecule has 25 heavy (non-hydrogen) atoms. The summed E-state index contributed by atoms with van der Waals surface area (Å²) in [5, 5.41) is 9.93. The fourth-order valence-electron chi connectivity index (χ4n) is 2.84. The first-order valence-corrected chi connectivity index (χ1v) is 7.30. The Morgan fingerprint density at radius 3 is 2.64 bits per heavy atom. The van der Waals surface area contributed by atoms with Gasteiger partial charge in [0.1, 0.15) is 5.69 Å². The molecule has 2 aromatic rings. The van der Waals surface area contributed by atoms with E-state index in [2.05, 4.69) is 4.98 Å². The molecule has 1 aromatic heterocycles. The molecule has 0 saturated carbocycles. The van der Waals surface area contributed by atoms with Crippen LogP contribution < -0.4 is 11.3 Å². The Labute approximate surface area is 139 Å². The number of carbonyl (C=O) groups is 2. The van der Waals surface area contributed by atoms with Gasteiger partial charge in [0.25, 0.3) is 17.4 Å². The fraction of sp³-hybridized carbons (Fsp3) is 0.188. The van der Waals surface area contributed by atoms with Crippen LogP contribution >= 0.6 is 0 Å². The van der Waals surface area contributed by atoms with Crippen molar-refractivity contribution in [2.45, 2.75) is 13.0 Å². The van der Waals surface area contributed by atoms with Crippen LogP contribution in [0.1, 0.15) is 32.0 Å². The van der Waals surface area contributed by atoms with Crippen LogP contribution in [0.5, 0.6) is 5.75 Å². The number of rotatable bonds is 3. The molecule has 3 rings (SSSR count). The Balaban J connectivity index is 1.99. The van der Waals surface area contributed by atoms with Crippen LogP contribution in [0, 0.1) is 11.6 Å². The largest absolute Gasteiger partial charge is 0.502 e. The minimum atomic E-state index is -1.04. The SMILES string of the molecule is NC(=O)c1[nH]c(=O)c(O)c2c1CCN(Cc1ccc(F)c(F)c1)C2=O. The third kappa shape index (κ3) is 2.84. The smallest absolute Gasteiger partial charge is 0.291 e. The standard InChI is InChI=1S/C16H13F2N3O4/c17-9-2-1-7(5-10(9)18)6-21-4-3-8-11(16(21)25)13(22)15(24)20-12(8)14(19)23/h1-2,5,22H,3-4,6H2,(H2,19,23)(H,20,24). The molecule has 0 atom stereocenters. The number of aromatic hydroxyl groups is 1. The lowest BCUT2D eigenvalue weighted by atomic mass is 9.96. The number of halogens is 2. The summed E-state index contributed by atoms with van der Waals surface area (Å²) in [7, 11) is 0. The number of primary amides is 1. The second kappa shape index (κ2) is 6.00. The zero-order valence-electron chi connectivity index (χ0n) is 12.8. The maximum Gasteiger partial charge on any atom is 0.291 e. The minimum Gasteiger partial charge on any atom is -0.502 e. The third-order valence-electron chi connectivity index (χ3n) is 4.03. The first-order valence-electron chi connectivity index (χ1n) is 7.30. The van der Waals surface area contributed by atoms with Crippen molar-refractivity contribution in [3.63, 3.8) is 0 Å². The Kier molecular flexibility index (Phi) is 3.99. The maximum absolute atomic E-state index is 13.3. The summed E-state index contributed by atoms with van der Waals surface area (Å²) in [5.74, 6) is -4.47. The lowest BCUT2D eigenvalue weighted by Crippen LogP contribution is -2.40. The van der Waals surface area contributed by atoms with Gasteiger partial charge in [0.15, 0.2) is 17.4 Å². The van der Waals surface area contributed by atoms with Crippen molar-refractivity contribution < 1.29 is 23.5 Å². The number of nitrogens with two attached hydrogens (primary N) is 1. The van der Waals surface area contributed by atoms with Gasteiger partial charge in [-0.2, -0.15) is 0 Å². The van der Waals surface area contributed by atoms with Crippen LogP contribution in [-0.4, -0.2) is 33.3 Å². The van der Waals surface area contributed by atoms with Crippen molar-refractivity contribution in [2.24, 2.45) is 5.73 Å². The molecule has 9 heteroatoms. The van der Waals surface area contributed by atoms with Gasteiger partial charge in [0, 0.05) is 13.1 Å². The number of aromatic nitrogens is 1. The van der Waals surface area contributed by atoms with Crippen LogP contribution in [0.25, 0.3) is 0 Å². The van der Waals surface area contributed by atoms with Gasteiger partial charge in [-0.25, -0.2) is 8.78 Å². The first kappa shape index (κ1) is 16.6. The highest BCUT2D eigenvalue weighted by Gasteiger charge is 2.32. The van der Waals surface area contributed by atoms with Crippen LogP contribution in [0.4, 0.5) is 8.78 Å². The number of amides is 2. The average Bonchev–Trinajstić information content (AvgIpc) is 2.56. The Bertz CT molecular complexity index is 955. The zero-order valence-corrected chi connectivity index (χ0v) is 12.8. The van der Waals surface area contributed by atoms with Crippen LogP contribution in [0.15, 0.2) is 23.0 Å². The Morgan fingerprint density at radius 2 is 2.00 bits per heavy atom. The quantitative estimate of drug-likeness (QED) is 0.754. The normalized spacial score (nSPS) is 13.7. The predicted molar refractivity (Wildman–Crippen MR) is 82.0 cm³/mol. The number of hydrogen-bond acceptors (Lipinski definition) is 4. The van der Waals surface area contributed by atoms with Gasteiger partial charge in [0.05, 0.1) is 5.56 Å². The molecular weight excluding hydrogens is 336 g/mol. The van der Waals surface area contributed by atoms with E-state index in [-0.39, 0.29) is 36.3 Å². The summed E-state index contributed by atoms with van der Waals surface area (Å²) in [5.41, 5.74) is 4.18. The van der Waals surface area contributed by atoms with E-state index in [9.17, 15) is 28.3 Å². The summed E-state index contributed by atoms with van der Waals surface area (Å²) < 4.78 is 26.3. The second-order valence-electron chi connectivity index (χ2n) is 5.62.